The van der Waals surface area contributed by atoms with E-state index < -0.39 is 0 Å². The summed E-state index contributed by atoms with van der Waals surface area (Å²) >= 11 is 3.29. The van der Waals surface area contributed by atoms with Crippen LogP contribution in [-0.4, -0.2) is 17.4 Å². The van der Waals surface area contributed by atoms with Crippen molar-refractivity contribution in [1.29, 1.82) is 0 Å². The number of hydrogen-bond donors (Lipinski definition) is 2. The maximum atomic E-state index is 11.8. The summed E-state index contributed by atoms with van der Waals surface area (Å²) < 4.78 is 0.755. The summed E-state index contributed by atoms with van der Waals surface area (Å²) in [5, 5.41) is 5.88. The van der Waals surface area contributed by atoms with Crippen molar-refractivity contribution < 1.29 is 4.79 Å². The van der Waals surface area contributed by atoms with Crippen molar-refractivity contribution in [3.63, 3.8) is 0 Å². The van der Waals surface area contributed by atoms with Gasteiger partial charge in [0.2, 0.25) is 5.91 Å². The minimum Gasteiger partial charge on any atom is -0.376 e. The van der Waals surface area contributed by atoms with Crippen molar-refractivity contribution in [1.82, 2.24) is 4.98 Å². The molecular formula is C14H14BrN3O. The van der Waals surface area contributed by atoms with E-state index in [4.69, 9.17) is 0 Å². The smallest absolute Gasteiger partial charge is 0.243 e. The van der Waals surface area contributed by atoms with Gasteiger partial charge in [-0.25, -0.2) is 4.98 Å². The van der Waals surface area contributed by atoms with Crippen molar-refractivity contribution in [2.75, 3.05) is 17.2 Å². The normalized spacial score (nSPS) is 10.0. The lowest BCUT2D eigenvalue weighted by molar-refractivity contribution is -0.114. The van der Waals surface area contributed by atoms with E-state index in [9.17, 15) is 4.79 Å². The lowest BCUT2D eigenvalue weighted by atomic mass is 10.3. The molecule has 98 valence electrons. The molecule has 5 heteroatoms. The van der Waals surface area contributed by atoms with Gasteiger partial charge in [-0.1, -0.05) is 18.2 Å². The van der Waals surface area contributed by atoms with Crippen LogP contribution in [0.4, 0.5) is 11.4 Å². The summed E-state index contributed by atoms with van der Waals surface area (Å²) in [6.45, 7) is 2.07. The highest BCUT2D eigenvalue weighted by atomic mass is 79.9. The van der Waals surface area contributed by atoms with Gasteiger partial charge in [0, 0.05) is 5.69 Å². The third-order valence-corrected chi connectivity index (χ3v) is 2.99. The lowest BCUT2D eigenvalue weighted by Gasteiger charge is -2.09. The number of carbonyl (C=O) groups is 1. The van der Waals surface area contributed by atoms with E-state index in [0.29, 0.717) is 0 Å². The van der Waals surface area contributed by atoms with E-state index in [0.717, 1.165) is 21.7 Å². The molecular weight excluding hydrogens is 306 g/mol. The lowest BCUT2D eigenvalue weighted by Crippen LogP contribution is -2.22. The Hall–Kier alpha value is -1.88. The molecule has 2 aromatic rings. The van der Waals surface area contributed by atoms with Gasteiger partial charge in [-0.05, 0) is 47.1 Å². The van der Waals surface area contributed by atoms with Gasteiger partial charge in [0.25, 0.3) is 0 Å². The Morgan fingerprint density at radius 3 is 2.63 bits per heavy atom. The number of aromatic nitrogens is 1. The van der Waals surface area contributed by atoms with E-state index in [2.05, 4.69) is 31.5 Å². The summed E-state index contributed by atoms with van der Waals surface area (Å²) in [5.74, 6) is -0.101. The van der Waals surface area contributed by atoms with Crippen molar-refractivity contribution >= 4 is 33.2 Å². The molecule has 0 spiro atoms. The fraction of sp³-hybridized carbons (Fsp3) is 0.143. The number of para-hydroxylation sites is 1. The Morgan fingerprint density at radius 1 is 1.21 bits per heavy atom. The van der Waals surface area contributed by atoms with Crippen molar-refractivity contribution in [3.8, 4) is 0 Å². The third kappa shape index (κ3) is 4.06. The molecule has 0 fully saturated rings. The highest BCUT2D eigenvalue weighted by Crippen LogP contribution is 2.16. The zero-order chi connectivity index (χ0) is 13.7. The molecule has 0 aliphatic heterocycles. The highest BCUT2D eigenvalue weighted by Gasteiger charge is 2.05. The Balaban J connectivity index is 1.91. The first-order chi connectivity index (χ1) is 9.15. The zero-order valence-corrected chi connectivity index (χ0v) is 12.1. The molecule has 19 heavy (non-hydrogen) atoms. The highest BCUT2D eigenvalue weighted by molar-refractivity contribution is 9.10. The van der Waals surface area contributed by atoms with Crippen LogP contribution in [0.15, 0.2) is 47.1 Å². The number of hydrogen-bond acceptors (Lipinski definition) is 3. The summed E-state index contributed by atoms with van der Waals surface area (Å²) in [6, 6.07) is 13.2. The molecule has 0 atom stereocenters. The first-order valence-electron chi connectivity index (χ1n) is 5.87. The molecule has 2 N–H and O–H groups in total. The average Bonchev–Trinajstić information content (AvgIpc) is 2.41. The first kappa shape index (κ1) is 13.5. The van der Waals surface area contributed by atoms with E-state index in [1.807, 2.05) is 43.3 Å². The van der Waals surface area contributed by atoms with E-state index in [-0.39, 0.29) is 12.5 Å². The van der Waals surface area contributed by atoms with Gasteiger partial charge in [0.05, 0.1) is 17.9 Å². The molecule has 0 saturated carbocycles. The van der Waals surface area contributed by atoms with Crippen LogP contribution in [0.3, 0.4) is 0 Å². The Kier molecular flexibility index (Phi) is 4.52. The van der Waals surface area contributed by atoms with E-state index in [1.54, 1.807) is 6.07 Å². The second kappa shape index (κ2) is 6.33. The van der Waals surface area contributed by atoms with Gasteiger partial charge in [-0.2, -0.15) is 0 Å². The second-order valence-electron chi connectivity index (χ2n) is 4.03. The van der Waals surface area contributed by atoms with Crippen LogP contribution in [0.25, 0.3) is 0 Å². The number of nitrogens with one attached hydrogen (secondary N) is 2. The number of anilines is 2. The summed E-state index contributed by atoms with van der Waals surface area (Å²) in [5.41, 5.74) is 2.42. The van der Waals surface area contributed by atoms with Crippen LogP contribution < -0.4 is 10.6 Å². The van der Waals surface area contributed by atoms with Gasteiger partial charge in [-0.3, -0.25) is 4.79 Å². The van der Waals surface area contributed by atoms with E-state index >= 15 is 0 Å². The predicted octanol–water partition coefficient (Wildman–Crippen LogP) is 3.20. The molecule has 0 unspecified atom stereocenters. The number of carbonyl (C=O) groups excluding carboxylic acids is 1. The molecule has 0 aliphatic carbocycles. The summed E-state index contributed by atoms with van der Waals surface area (Å²) in [6.07, 6.45) is 0. The Morgan fingerprint density at radius 2 is 1.95 bits per heavy atom. The summed E-state index contributed by atoms with van der Waals surface area (Å²) in [4.78, 5) is 16.0. The molecule has 0 radical (unpaired) electrons. The minimum absolute atomic E-state index is 0.101. The van der Waals surface area contributed by atoms with Gasteiger partial charge in [-0.15, -0.1) is 0 Å². The largest absolute Gasteiger partial charge is 0.376 e. The van der Waals surface area contributed by atoms with Gasteiger partial charge < -0.3 is 10.6 Å². The molecule has 0 aliphatic rings. The maximum absolute atomic E-state index is 11.8. The Bertz CT molecular complexity index is 572. The second-order valence-corrected chi connectivity index (χ2v) is 4.85. The van der Waals surface area contributed by atoms with Crippen LogP contribution in [0.1, 0.15) is 5.69 Å². The Labute approximate surface area is 120 Å². The van der Waals surface area contributed by atoms with Gasteiger partial charge in [0.15, 0.2) is 0 Å². The fourth-order valence-electron chi connectivity index (χ4n) is 1.60. The van der Waals surface area contributed by atoms with Crippen LogP contribution in [-0.2, 0) is 4.79 Å². The molecule has 2 rings (SSSR count). The van der Waals surface area contributed by atoms with Crippen molar-refractivity contribution in [3.05, 3.63) is 52.8 Å². The monoisotopic (exact) mass is 319 g/mol. The maximum Gasteiger partial charge on any atom is 0.243 e. The zero-order valence-electron chi connectivity index (χ0n) is 10.5. The molecule has 0 saturated heterocycles. The molecule has 1 heterocycles. The topological polar surface area (TPSA) is 54.0 Å². The number of aryl methyl sites for hydroxylation is 1. The number of nitrogens with zero attached hydrogens (tertiary/aromatic N) is 1. The van der Waals surface area contributed by atoms with Crippen molar-refractivity contribution in [2.24, 2.45) is 0 Å². The molecule has 0 bridgehead atoms. The van der Waals surface area contributed by atoms with Crippen LogP contribution >= 0.6 is 15.9 Å². The number of halogens is 1. The van der Waals surface area contributed by atoms with E-state index in [1.165, 1.54) is 0 Å². The number of pyridine rings is 1. The number of amides is 1. The number of benzene rings is 1. The van der Waals surface area contributed by atoms with Crippen LogP contribution in [0, 0.1) is 6.92 Å². The van der Waals surface area contributed by atoms with Crippen molar-refractivity contribution in [2.45, 2.75) is 6.92 Å². The average molecular weight is 320 g/mol. The fourth-order valence-corrected chi connectivity index (χ4v) is 1.99. The summed E-state index contributed by atoms with van der Waals surface area (Å²) in [7, 11) is 0. The predicted molar refractivity (Wildman–Crippen MR) is 80.2 cm³/mol. The quantitative estimate of drug-likeness (QED) is 0.851. The van der Waals surface area contributed by atoms with Crippen LogP contribution in [0.2, 0.25) is 0 Å². The molecule has 4 nitrogen and oxygen atoms in total. The molecule has 1 amide bonds. The molecule has 1 aromatic heterocycles. The number of rotatable bonds is 4. The standard InChI is InChI=1S/C14H14BrN3O/c1-10-12(7-8-13(15)17-10)18-14(19)9-16-11-5-3-2-4-6-11/h2-8,16H,9H2,1H3,(H,18,19). The minimum atomic E-state index is -0.101. The van der Waals surface area contributed by atoms with Gasteiger partial charge in [0.1, 0.15) is 4.60 Å². The molecule has 1 aromatic carbocycles. The first-order valence-corrected chi connectivity index (χ1v) is 6.66. The SMILES string of the molecule is Cc1nc(Br)ccc1NC(=O)CNc1ccccc1. The van der Waals surface area contributed by atoms with Gasteiger partial charge >= 0.3 is 0 Å². The third-order valence-electron chi connectivity index (χ3n) is 2.55. The van der Waals surface area contributed by atoms with Crippen LogP contribution in [0.5, 0.6) is 0 Å².